The zero-order valence-corrected chi connectivity index (χ0v) is 16.5. The molecule has 5 rings (SSSR count). The molecule has 0 bridgehead atoms. The van der Waals surface area contributed by atoms with Gasteiger partial charge in [0, 0.05) is 31.0 Å². The molecule has 0 aliphatic carbocycles. The number of ether oxygens (including phenoxy) is 2. The van der Waals surface area contributed by atoms with Gasteiger partial charge in [0.05, 0.1) is 36.9 Å². The van der Waals surface area contributed by atoms with Gasteiger partial charge in [-0.25, -0.2) is 9.97 Å². The largest absolute Gasteiger partial charge is 0.492 e. The second-order valence-electron chi connectivity index (χ2n) is 7.92. The molecule has 1 saturated heterocycles. The van der Waals surface area contributed by atoms with Crippen LogP contribution < -0.4 is 20.1 Å². The molecule has 0 radical (unpaired) electrons. The number of nitrogens with zero attached hydrogens (tertiary/aromatic N) is 4. The van der Waals surface area contributed by atoms with Gasteiger partial charge in [-0.1, -0.05) is 13.0 Å². The molecule has 0 saturated carbocycles. The minimum Gasteiger partial charge on any atom is -0.492 e. The van der Waals surface area contributed by atoms with E-state index >= 15 is 0 Å². The van der Waals surface area contributed by atoms with E-state index in [1.165, 1.54) is 12.4 Å². The molecule has 4 heterocycles. The normalized spacial score (nSPS) is 16.1. The zero-order valence-electron chi connectivity index (χ0n) is 16.5. The molecular weight excluding hydrogens is 382 g/mol. The third kappa shape index (κ3) is 3.42. The summed E-state index contributed by atoms with van der Waals surface area (Å²) in [7, 11) is 0. The summed E-state index contributed by atoms with van der Waals surface area (Å²) in [5, 5.41) is 22.7. The molecule has 1 fully saturated rings. The fourth-order valence-electron chi connectivity index (χ4n) is 3.61. The van der Waals surface area contributed by atoms with E-state index in [-0.39, 0.29) is 11.1 Å². The minimum atomic E-state index is 0.145. The first-order chi connectivity index (χ1) is 14.6. The van der Waals surface area contributed by atoms with Crippen LogP contribution in [0.25, 0.3) is 11.3 Å². The van der Waals surface area contributed by atoms with Gasteiger partial charge in [0.25, 0.3) is 0 Å². The maximum absolute atomic E-state index is 8.85. The van der Waals surface area contributed by atoms with Gasteiger partial charge in [0.2, 0.25) is 0 Å². The highest BCUT2D eigenvalue weighted by Gasteiger charge is 2.33. The molecule has 3 aromatic rings. The number of nitrogens with one attached hydrogen (secondary N) is 3. The quantitative estimate of drug-likeness (QED) is 0.574. The van der Waals surface area contributed by atoms with E-state index in [4.69, 9.17) is 14.7 Å². The van der Waals surface area contributed by atoms with Crippen molar-refractivity contribution < 1.29 is 9.47 Å². The van der Waals surface area contributed by atoms with E-state index in [9.17, 15) is 0 Å². The predicted molar refractivity (Wildman–Crippen MR) is 110 cm³/mol. The lowest BCUT2D eigenvalue weighted by Crippen LogP contribution is -2.54. The van der Waals surface area contributed by atoms with Gasteiger partial charge in [-0.05, 0) is 11.6 Å². The first kappa shape index (κ1) is 18.4. The lowest BCUT2D eigenvalue weighted by Gasteiger charge is -2.39. The van der Waals surface area contributed by atoms with Crippen molar-refractivity contribution in [2.45, 2.75) is 13.3 Å². The van der Waals surface area contributed by atoms with E-state index in [1.807, 2.05) is 18.2 Å². The fraction of sp³-hybridized carbons (Fsp3) is 0.333. The summed E-state index contributed by atoms with van der Waals surface area (Å²) in [6, 6.07) is 7.92. The molecule has 152 valence electrons. The highest BCUT2D eigenvalue weighted by atomic mass is 16.5. The Morgan fingerprint density at radius 3 is 2.90 bits per heavy atom. The number of aromatic nitrogens is 4. The lowest BCUT2D eigenvalue weighted by atomic mass is 9.85. The van der Waals surface area contributed by atoms with Crippen molar-refractivity contribution in [1.82, 2.24) is 25.5 Å². The number of hydrogen-bond acceptors (Lipinski definition) is 8. The Hall–Kier alpha value is -3.64. The van der Waals surface area contributed by atoms with Gasteiger partial charge in [-0.15, -0.1) is 0 Å². The standard InChI is InChI=1S/C21H21N7O2/c1-21(10-23-11-21)12-30-16-3-2-13-4-5-29-20(13)19(16)15-6-17(28-27-15)26-18-9-24-14(7-22)8-25-18/h2-3,6,8-9,23H,4-5,10-12H2,1H3,(H2,25,26,27,28). The second kappa shape index (κ2) is 7.31. The third-order valence-electron chi connectivity index (χ3n) is 5.37. The average Bonchev–Trinajstić information content (AvgIpc) is 3.40. The van der Waals surface area contributed by atoms with E-state index in [1.54, 1.807) is 0 Å². The van der Waals surface area contributed by atoms with Crippen molar-refractivity contribution in [1.29, 1.82) is 5.26 Å². The monoisotopic (exact) mass is 403 g/mol. The number of benzene rings is 1. The second-order valence-corrected chi connectivity index (χ2v) is 7.92. The Balaban J connectivity index is 1.43. The van der Waals surface area contributed by atoms with Crippen LogP contribution in [0.4, 0.5) is 11.6 Å². The van der Waals surface area contributed by atoms with E-state index in [0.717, 1.165) is 47.8 Å². The molecule has 0 spiro atoms. The first-order valence-electron chi connectivity index (χ1n) is 9.81. The molecule has 0 unspecified atom stereocenters. The van der Waals surface area contributed by atoms with Crippen molar-refractivity contribution in [2.75, 3.05) is 31.6 Å². The van der Waals surface area contributed by atoms with Gasteiger partial charge in [0.15, 0.2) is 11.5 Å². The lowest BCUT2D eigenvalue weighted by molar-refractivity contribution is 0.102. The number of nitriles is 1. The summed E-state index contributed by atoms with van der Waals surface area (Å²) in [5.41, 5.74) is 3.25. The Kier molecular flexibility index (Phi) is 4.48. The molecular formula is C21H21N7O2. The van der Waals surface area contributed by atoms with E-state index in [2.05, 4.69) is 43.8 Å². The Morgan fingerprint density at radius 2 is 2.17 bits per heavy atom. The predicted octanol–water partition coefficient (Wildman–Crippen LogP) is 2.41. The minimum absolute atomic E-state index is 0.145. The van der Waals surface area contributed by atoms with Crippen LogP contribution in [0.3, 0.4) is 0 Å². The number of rotatable bonds is 6. The number of anilines is 2. The van der Waals surface area contributed by atoms with Crippen LogP contribution in [0.5, 0.6) is 11.5 Å². The van der Waals surface area contributed by atoms with Crippen LogP contribution >= 0.6 is 0 Å². The molecule has 0 amide bonds. The molecule has 0 atom stereocenters. The van der Waals surface area contributed by atoms with E-state index < -0.39 is 0 Å². The van der Waals surface area contributed by atoms with Gasteiger partial charge >= 0.3 is 0 Å². The van der Waals surface area contributed by atoms with Gasteiger partial charge in [-0.2, -0.15) is 10.4 Å². The Morgan fingerprint density at radius 1 is 1.27 bits per heavy atom. The van der Waals surface area contributed by atoms with Crippen molar-refractivity contribution in [2.24, 2.45) is 5.41 Å². The molecule has 30 heavy (non-hydrogen) atoms. The molecule has 9 nitrogen and oxygen atoms in total. The molecule has 1 aromatic carbocycles. The van der Waals surface area contributed by atoms with Crippen molar-refractivity contribution >= 4 is 11.6 Å². The molecule has 2 aliphatic rings. The number of fused-ring (bicyclic) bond motifs is 1. The highest BCUT2D eigenvalue weighted by Crippen LogP contribution is 2.43. The Labute approximate surface area is 173 Å². The average molecular weight is 403 g/mol. The van der Waals surface area contributed by atoms with Crippen LogP contribution in [-0.2, 0) is 6.42 Å². The maximum atomic E-state index is 8.85. The molecule has 2 aromatic heterocycles. The maximum Gasteiger partial charge on any atom is 0.158 e. The molecule has 3 N–H and O–H groups in total. The van der Waals surface area contributed by atoms with Gasteiger partial charge in [-0.3, -0.25) is 5.10 Å². The highest BCUT2D eigenvalue weighted by molar-refractivity contribution is 5.78. The van der Waals surface area contributed by atoms with Crippen molar-refractivity contribution in [3.8, 4) is 28.8 Å². The van der Waals surface area contributed by atoms with Crippen LogP contribution in [0, 0.1) is 16.7 Å². The van der Waals surface area contributed by atoms with Gasteiger partial charge < -0.3 is 20.1 Å². The van der Waals surface area contributed by atoms with E-state index in [0.29, 0.717) is 24.8 Å². The smallest absolute Gasteiger partial charge is 0.158 e. The summed E-state index contributed by atoms with van der Waals surface area (Å²) in [6.07, 6.45) is 3.79. The summed E-state index contributed by atoms with van der Waals surface area (Å²) in [5.74, 6) is 2.71. The summed E-state index contributed by atoms with van der Waals surface area (Å²) < 4.78 is 12.2. The van der Waals surface area contributed by atoms with Crippen LogP contribution in [0.2, 0.25) is 0 Å². The number of H-pyrrole nitrogens is 1. The first-order valence-corrected chi connectivity index (χ1v) is 9.81. The van der Waals surface area contributed by atoms with Crippen LogP contribution in [0.15, 0.2) is 30.6 Å². The topological polar surface area (TPSA) is 121 Å². The molecule has 9 heteroatoms. The summed E-state index contributed by atoms with van der Waals surface area (Å²) in [4.78, 5) is 8.18. The van der Waals surface area contributed by atoms with Crippen LogP contribution in [0.1, 0.15) is 18.2 Å². The Bertz CT molecular complexity index is 1110. The molecule has 2 aliphatic heterocycles. The number of aromatic amines is 1. The van der Waals surface area contributed by atoms with Crippen LogP contribution in [-0.4, -0.2) is 46.5 Å². The third-order valence-corrected chi connectivity index (χ3v) is 5.37. The summed E-state index contributed by atoms with van der Waals surface area (Å²) in [6.45, 7) is 5.41. The number of hydrogen-bond donors (Lipinski definition) is 3. The zero-order chi connectivity index (χ0) is 20.6. The summed E-state index contributed by atoms with van der Waals surface area (Å²) >= 11 is 0. The van der Waals surface area contributed by atoms with Crippen molar-refractivity contribution in [3.63, 3.8) is 0 Å². The SMILES string of the molecule is CC1(COc2ccc3c(c2-c2cc(Nc4cnc(C#N)cn4)n[nH]2)OCC3)CNC1. The van der Waals surface area contributed by atoms with Gasteiger partial charge in [0.1, 0.15) is 23.4 Å². The fourth-order valence-corrected chi connectivity index (χ4v) is 3.61. The van der Waals surface area contributed by atoms with Crippen molar-refractivity contribution in [3.05, 3.63) is 41.9 Å².